The number of halogens is 1. The lowest BCUT2D eigenvalue weighted by Gasteiger charge is -2.30. The fraction of sp³-hybridized carbons (Fsp3) is 0.692. The lowest BCUT2D eigenvalue weighted by atomic mass is 10.2. The van der Waals surface area contributed by atoms with E-state index >= 15 is 0 Å². The van der Waals surface area contributed by atoms with E-state index < -0.39 is 0 Å². The van der Waals surface area contributed by atoms with Gasteiger partial charge in [-0.2, -0.15) is 0 Å². The number of nitrogens with zero attached hydrogens (tertiary/aromatic N) is 3. The van der Waals surface area contributed by atoms with E-state index in [0.29, 0.717) is 22.4 Å². The summed E-state index contributed by atoms with van der Waals surface area (Å²) in [5.41, 5.74) is 0. The van der Waals surface area contributed by atoms with Gasteiger partial charge in [-0.1, -0.05) is 23.4 Å². The van der Waals surface area contributed by atoms with E-state index in [-0.39, 0.29) is 0 Å². The van der Waals surface area contributed by atoms with Crippen molar-refractivity contribution in [2.75, 3.05) is 24.7 Å². The molecule has 1 N–H and O–H groups in total. The van der Waals surface area contributed by atoms with Gasteiger partial charge in [-0.05, 0) is 34.0 Å². The Morgan fingerprint density at radius 2 is 1.89 bits per heavy atom. The van der Waals surface area contributed by atoms with Crippen LogP contribution in [-0.4, -0.2) is 46.3 Å². The molecular formula is C13H23ClN4S. The minimum atomic E-state index is 0.478. The zero-order valence-corrected chi connectivity index (χ0v) is 13.8. The molecule has 0 fully saturated rings. The van der Waals surface area contributed by atoms with E-state index in [0.717, 1.165) is 18.9 Å². The van der Waals surface area contributed by atoms with Crippen LogP contribution in [0.4, 0.5) is 5.82 Å². The van der Waals surface area contributed by atoms with Gasteiger partial charge >= 0.3 is 0 Å². The van der Waals surface area contributed by atoms with Crippen LogP contribution in [0.3, 0.4) is 0 Å². The molecule has 0 aliphatic heterocycles. The Morgan fingerprint density at radius 3 is 2.42 bits per heavy atom. The fourth-order valence-corrected chi connectivity index (χ4v) is 2.62. The topological polar surface area (TPSA) is 41.1 Å². The summed E-state index contributed by atoms with van der Waals surface area (Å²) in [7, 11) is 0. The molecule has 0 spiro atoms. The van der Waals surface area contributed by atoms with Crippen LogP contribution in [0.2, 0.25) is 5.15 Å². The Bertz CT molecular complexity index is 390. The lowest BCUT2D eigenvalue weighted by Crippen LogP contribution is -2.40. The average molecular weight is 303 g/mol. The van der Waals surface area contributed by atoms with Gasteiger partial charge in [0, 0.05) is 31.2 Å². The molecule has 108 valence electrons. The van der Waals surface area contributed by atoms with Crippen molar-refractivity contribution in [3.05, 3.63) is 11.2 Å². The van der Waals surface area contributed by atoms with E-state index in [9.17, 15) is 0 Å². The molecule has 0 saturated carbocycles. The van der Waals surface area contributed by atoms with Crippen molar-refractivity contribution in [1.82, 2.24) is 14.9 Å². The third kappa shape index (κ3) is 5.55. The Morgan fingerprint density at radius 1 is 1.26 bits per heavy atom. The highest BCUT2D eigenvalue weighted by molar-refractivity contribution is 7.98. The zero-order chi connectivity index (χ0) is 14.4. The van der Waals surface area contributed by atoms with Gasteiger partial charge in [-0.3, -0.25) is 4.90 Å². The molecule has 1 aromatic heterocycles. The van der Waals surface area contributed by atoms with Crippen molar-refractivity contribution >= 4 is 29.2 Å². The molecule has 1 rings (SSSR count). The second kappa shape index (κ2) is 7.92. The molecule has 0 saturated heterocycles. The van der Waals surface area contributed by atoms with Gasteiger partial charge in [0.2, 0.25) is 0 Å². The molecule has 0 aromatic carbocycles. The number of thioether (sulfide) groups is 1. The van der Waals surface area contributed by atoms with Crippen LogP contribution in [0.25, 0.3) is 0 Å². The van der Waals surface area contributed by atoms with Crippen LogP contribution in [0.1, 0.15) is 27.7 Å². The maximum Gasteiger partial charge on any atom is 0.190 e. The van der Waals surface area contributed by atoms with Crippen molar-refractivity contribution in [3.63, 3.8) is 0 Å². The van der Waals surface area contributed by atoms with Gasteiger partial charge in [0.15, 0.2) is 5.16 Å². The predicted octanol–water partition coefficient (Wildman–Crippen LogP) is 3.38. The highest BCUT2D eigenvalue weighted by atomic mass is 35.5. The van der Waals surface area contributed by atoms with E-state index in [1.54, 1.807) is 6.07 Å². The predicted molar refractivity (Wildman–Crippen MR) is 84.3 cm³/mol. The summed E-state index contributed by atoms with van der Waals surface area (Å²) in [6.07, 6.45) is 1.94. The van der Waals surface area contributed by atoms with Gasteiger partial charge in [-0.15, -0.1) is 0 Å². The largest absolute Gasteiger partial charge is 0.369 e. The molecule has 1 heterocycles. The highest BCUT2D eigenvalue weighted by Gasteiger charge is 2.12. The molecular weight excluding hydrogens is 280 g/mol. The molecule has 0 aliphatic carbocycles. The van der Waals surface area contributed by atoms with Crippen molar-refractivity contribution in [2.45, 2.75) is 44.9 Å². The molecule has 0 radical (unpaired) electrons. The first-order valence-corrected chi connectivity index (χ1v) is 8.12. The standard InChI is InChI=1S/C13H23ClN4S/c1-9(2)18(10(3)4)7-6-15-12-8-11(14)16-13(17-12)19-5/h8-10H,6-7H2,1-5H3,(H,15,16,17). The SMILES string of the molecule is CSc1nc(Cl)cc(NCCN(C(C)C)C(C)C)n1. The number of anilines is 1. The summed E-state index contributed by atoms with van der Waals surface area (Å²) in [5, 5.41) is 4.48. The van der Waals surface area contributed by atoms with Crippen molar-refractivity contribution in [1.29, 1.82) is 0 Å². The molecule has 0 bridgehead atoms. The number of hydrogen-bond acceptors (Lipinski definition) is 5. The second-order valence-corrected chi connectivity index (χ2v) is 6.08. The first kappa shape index (κ1) is 16.5. The highest BCUT2D eigenvalue weighted by Crippen LogP contribution is 2.17. The summed E-state index contributed by atoms with van der Waals surface area (Å²) in [5.74, 6) is 0.789. The quantitative estimate of drug-likeness (QED) is 0.475. The van der Waals surface area contributed by atoms with E-state index in [1.165, 1.54) is 11.8 Å². The van der Waals surface area contributed by atoms with E-state index in [2.05, 4.69) is 47.9 Å². The minimum absolute atomic E-state index is 0.478. The average Bonchev–Trinajstić information content (AvgIpc) is 2.32. The van der Waals surface area contributed by atoms with Crippen LogP contribution in [0.5, 0.6) is 0 Å². The van der Waals surface area contributed by atoms with Crippen LogP contribution < -0.4 is 5.32 Å². The molecule has 0 unspecified atom stereocenters. The van der Waals surface area contributed by atoms with Crippen molar-refractivity contribution < 1.29 is 0 Å². The summed E-state index contributed by atoms with van der Waals surface area (Å²) in [6, 6.07) is 2.84. The number of hydrogen-bond donors (Lipinski definition) is 1. The summed E-state index contributed by atoms with van der Waals surface area (Å²) in [6.45, 7) is 10.7. The van der Waals surface area contributed by atoms with Crippen LogP contribution in [0.15, 0.2) is 11.2 Å². The minimum Gasteiger partial charge on any atom is -0.369 e. The van der Waals surface area contributed by atoms with E-state index in [1.807, 2.05) is 6.26 Å². The second-order valence-electron chi connectivity index (χ2n) is 4.91. The van der Waals surface area contributed by atoms with Crippen LogP contribution in [0, 0.1) is 0 Å². The van der Waals surface area contributed by atoms with Gasteiger partial charge in [-0.25, -0.2) is 9.97 Å². The van der Waals surface area contributed by atoms with Crippen molar-refractivity contribution in [2.24, 2.45) is 0 Å². The molecule has 0 amide bonds. The first-order valence-electron chi connectivity index (χ1n) is 6.52. The monoisotopic (exact) mass is 302 g/mol. The zero-order valence-electron chi connectivity index (χ0n) is 12.3. The Kier molecular flexibility index (Phi) is 6.89. The third-order valence-electron chi connectivity index (χ3n) is 2.86. The smallest absolute Gasteiger partial charge is 0.190 e. The normalized spacial score (nSPS) is 11.6. The molecule has 4 nitrogen and oxygen atoms in total. The molecule has 0 aliphatic rings. The summed E-state index contributed by atoms with van der Waals surface area (Å²) < 4.78 is 0. The maximum absolute atomic E-state index is 5.96. The van der Waals surface area contributed by atoms with Gasteiger partial charge in [0.1, 0.15) is 11.0 Å². The molecule has 1 aromatic rings. The van der Waals surface area contributed by atoms with Gasteiger partial charge in [0.05, 0.1) is 0 Å². The Labute approximate surface area is 125 Å². The molecule has 6 heteroatoms. The van der Waals surface area contributed by atoms with Crippen molar-refractivity contribution in [3.8, 4) is 0 Å². The fourth-order valence-electron chi connectivity index (χ4n) is 2.00. The maximum atomic E-state index is 5.96. The molecule has 0 atom stereocenters. The number of nitrogens with one attached hydrogen (secondary N) is 1. The van der Waals surface area contributed by atoms with E-state index in [4.69, 9.17) is 11.6 Å². The third-order valence-corrected chi connectivity index (χ3v) is 3.60. The molecule has 19 heavy (non-hydrogen) atoms. The summed E-state index contributed by atoms with van der Waals surface area (Å²) >= 11 is 7.45. The van der Waals surface area contributed by atoms with Gasteiger partial charge < -0.3 is 5.32 Å². The Balaban J connectivity index is 2.55. The Hall–Kier alpha value is -0.520. The summed E-state index contributed by atoms with van der Waals surface area (Å²) in [4.78, 5) is 10.9. The lowest BCUT2D eigenvalue weighted by molar-refractivity contribution is 0.182. The van der Waals surface area contributed by atoms with Gasteiger partial charge in [0.25, 0.3) is 0 Å². The first-order chi connectivity index (χ1) is 8.93. The number of aromatic nitrogens is 2. The number of rotatable bonds is 7. The van der Waals surface area contributed by atoms with Crippen LogP contribution >= 0.6 is 23.4 Å². The van der Waals surface area contributed by atoms with Crippen LogP contribution in [-0.2, 0) is 0 Å².